The third kappa shape index (κ3) is 5.40. The van der Waals surface area contributed by atoms with E-state index in [0.29, 0.717) is 5.75 Å². The molecule has 0 atom stereocenters. The van der Waals surface area contributed by atoms with Gasteiger partial charge in [-0.25, -0.2) is 4.39 Å². The molecule has 0 aliphatic heterocycles. The van der Waals surface area contributed by atoms with Crippen LogP contribution in [0.3, 0.4) is 0 Å². The minimum Gasteiger partial charge on any atom is -0.497 e. The second-order valence-corrected chi connectivity index (χ2v) is 7.40. The number of nitrogens with zero attached hydrogens (tertiary/aromatic N) is 1. The average Bonchev–Trinajstić information content (AvgIpc) is 2.66. The lowest BCUT2D eigenvalue weighted by atomic mass is 10.2. The van der Waals surface area contributed by atoms with Gasteiger partial charge in [0, 0.05) is 6.21 Å². The first-order chi connectivity index (χ1) is 13.0. The summed E-state index contributed by atoms with van der Waals surface area (Å²) in [5.41, 5.74) is 2.50. The molecule has 0 spiro atoms. The minimum absolute atomic E-state index is 0.272. The Morgan fingerprint density at radius 1 is 1.00 bits per heavy atom. The van der Waals surface area contributed by atoms with Crippen molar-refractivity contribution in [1.29, 1.82) is 0 Å². The molecule has 0 radical (unpaired) electrons. The maximum atomic E-state index is 13.3. The third-order valence-corrected chi connectivity index (χ3v) is 4.91. The van der Waals surface area contributed by atoms with E-state index in [1.165, 1.54) is 12.1 Å². The van der Waals surface area contributed by atoms with Crippen molar-refractivity contribution in [2.45, 2.75) is 6.61 Å². The topological polar surface area (TPSA) is 30.8 Å². The molecule has 0 aromatic heterocycles. The normalized spacial score (nSPS) is 11.0. The van der Waals surface area contributed by atoms with Crippen molar-refractivity contribution in [3.05, 3.63) is 86.6 Å². The Balaban J connectivity index is 1.72. The summed E-state index contributed by atoms with van der Waals surface area (Å²) in [5.74, 6) is 1.17. The number of hydrogen-bond acceptors (Lipinski definition) is 3. The predicted molar refractivity (Wildman–Crippen MR) is 113 cm³/mol. The summed E-state index contributed by atoms with van der Waals surface area (Å²) in [7, 11) is 1.63. The maximum Gasteiger partial charge on any atom is 0.148 e. The molecule has 3 aromatic rings. The van der Waals surface area contributed by atoms with Crippen molar-refractivity contribution in [1.82, 2.24) is 0 Å². The van der Waals surface area contributed by atoms with Gasteiger partial charge in [0.25, 0.3) is 0 Å². The molecule has 0 amide bonds. The fourth-order valence-electron chi connectivity index (χ4n) is 2.39. The zero-order valence-corrected chi connectivity index (χ0v) is 17.6. The SMILES string of the molecule is COc1ccc(N=Cc2cc(Br)c(OCc3cccc(F)c3)c(Br)c2)cc1. The van der Waals surface area contributed by atoms with Gasteiger partial charge in [0.2, 0.25) is 0 Å². The lowest BCUT2D eigenvalue weighted by Crippen LogP contribution is -1.98. The van der Waals surface area contributed by atoms with E-state index in [0.717, 1.165) is 31.5 Å². The number of aliphatic imine (C=N–C) groups is 1. The summed E-state index contributed by atoms with van der Waals surface area (Å²) in [6.07, 6.45) is 1.77. The molecule has 0 aliphatic rings. The van der Waals surface area contributed by atoms with Crippen molar-refractivity contribution >= 4 is 43.8 Å². The van der Waals surface area contributed by atoms with Crippen molar-refractivity contribution in [2.75, 3.05) is 7.11 Å². The Kier molecular flexibility index (Phi) is 6.63. The Morgan fingerprint density at radius 3 is 2.33 bits per heavy atom. The smallest absolute Gasteiger partial charge is 0.148 e. The van der Waals surface area contributed by atoms with E-state index in [4.69, 9.17) is 9.47 Å². The van der Waals surface area contributed by atoms with E-state index in [1.807, 2.05) is 42.5 Å². The molecule has 0 saturated heterocycles. The Labute approximate surface area is 174 Å². The van der Waals surface area contributed by atoms with Gasteiger partial charge in [0.15, 0.2) is 0 Å². The molecular formula is C21H16Br2FNO2. The van der Waals surface area contributed by atoms with Crippen LogP contribution in [0.15, 0.2) is 74.6 Å². The molecule has 27 heavy (non-hydrogen) atoms. The Morgan fingerprint density at radius 2 is 1.70 bits per heavy atom. The van der Waals surface area contributed by atoms with Gasteiger partial charge >= 0.3 is 0 Å². The summed E-state index contributed by atoms with van der Waals surface area (Å²) in [5, 5.41) is 0. The molecule has 3 nitrogen and oxygen atoms in total. The van der Waals surface area contributed by atoms with Gasteiger partial charge in [-0.05, 0) is 91.5 Å². The lowest BCUT2D eigenvalue weighted by molar-refractivity contribution is 0.301. The molecule has 0 fully saturated rings. The highest BCUT2D eigenvalue weighted by atomic mass is 79.9. The number of hydrogen-bond donors (Lipinski definition) is 0. The van der Waals surface area contributed by atoms with Crippen molar-refractivity contribution in [2.24, 2.45) is 4.99 Å². The van der Waals surface area contributed by atoms with Gasteiger partial charge in [0.1, 0.15) is 23.9 Å². The van der Waals surface area contributed by atoms with Gasteiger partial charge in [-0.3, -0.25) is 4.99 Å². The largest absolute Gasteiger partial charge is 0.497 e. The molecule has 0 heterocycles. The molecule has 138 valence electrons. The number of halogens is 3. The van der Waals surface area contributed by atoms with Crippen LogP contribution >= 0.6 is 31.9 Å². The van der Waals surface area contributed by atoms with E-state index in [2.05, 4.69) is 36.9 Å². The first kappa shape index (κ1) is 19.6. The van der Waals surface area contributed by atoms with E-state index in [9.17, 15) is 4.39 Å². The van der Waals surface area contributed by atoms with Gasteiger partial charge < -0.3 is 9.47 Å². The van der Waals surface area contributed by atoms with Crippen LogP contribution in [0.1, 0.15) is 11.1 Å². The number of methoxy groups -OCH3 is 1. The zero-order chi connectivity index (χ0) is 19.2. The van der Waals surface area contributed by atoms with Crippen LogP contribution < -0.4 is 9.47 Å². The molecule has 3 rings (SSSR count). The second kappa shape index (κ2) is 9.15. The number of rotatable bonds is 6. The summed E-state index contributed by atoms with van der Waals surface area (Å²) >= 11 is 7.05. The summed E-state index contributed by atoms with van der Waals surface area (Å²) in [6.45, 7) is 0.272. The quantitative estimate of drug-likeness (QED) is 0.359. The van der Waals surface area contributed by atoms with Crippen LogP contribution in [-0.4, -0.2) is 13.3 Å². The standard InChI is InChI=1S/C21H16Br2FNO2/c1-26-18-7-5-17(6-8-18)25-12-15-10-19(22)21(20(23)11-15)27-13-14-3-2-4-16(24)9-14/h2-12H,13H2,1H3. The number of ether oxygens (including phenoxy) is 2. The molecule has 3 aromatic carbocycles. The zero-order valence-electron chi connectivity index (χ0n) is 14.5. The van der Waals surface area contributed by atoms with Gasteiger partial charge in [-0.2, -0.15) is 0 Å². The van der Waals surface area contributed by atoms with Crippen molar-refractivity contribution in [3.63, 3.8) is 0 Å². The molecule has 0 unspecified atom stereocenters. The highest BCUT2D eigenvalue weighted by Crippen LogP contribution is 2.35. The highest BCUT2D eigenvalue weighted by Gasteiger charge is 2.09. The van der Waals surface area contributed by atoms with Gasteiger partial charge in [-0.15, -0.1) is 0 Å². The average molecular weight is 493 g/mol. The van der Waals surface area contributed by atoms with E-state index in [-0.39, 0.29) is 12.4 Å². The molecule has 6 heteroatoms. The monoisotopic (exact) mass is 491 g/mol. The van der Waals surface area contributed by atoms with Crippen LogP contribution in [0.4, 0.5) is 10.1 Å². The molecule has 0 saturated carbocycles. The summed E-state index contributed by atoms with van der Waals surface area (Å²) in [6, 6.07) is 17.7. The van der Waals surface area contributed by atoms with Crippen LogP contribution in [0.2, 0.25) is 0 Å². The van der Waals surface area contributed by atoms with E-state index >= 15 is 0 Å². The van der Waals surface area contributed by atoms with Crippen molar-refractivity contribution < 1.29 is 13.9 Å². The van der Waals surface area contributed by atoms with Crippen LogP contribution in [0, 0.1) is 5.82 Å². The predicted octanol–water partition coefficient (Wildman–Crippen LogP) is 6.69. The first-order valence-corrected chi connectivity index (χ1v) is 9.68. The van der Waals surface area contributed by atoms with Crippen molar-refractivity contribution in [3.8, 4) is 11.5 Å². The summed E-state index contributed by atoms with van der Waals surface area (Å²) < 4.78 is 25.8. The fraction of sp³-hybridized carbons (Fsp3) is 0.0952. The Hall–Kier alpha value is -2.18. The highest BCUT2D eigenvalue weighted by molar-refractivity contribution is 9.11. The molecule has 0 bridgehead atoms. The van der Waals surface area contributed by atoms with Crippen LogP contribution in [0.5, 0.6) is 11.5 Å². The van der Waals surface area contributed by atoms with E-state index in [1.54, 1.807) is 19.4 Å². The number of benzene rings is 3. The van der Waals surface area contributed by atoms with Gasteiger partial charge in [0.05, 0.1) is 21.7 Å². The fourth-order valence-corrected chi connectivity index (χ4v) is 3.84. The van der Waals surface area contributed by atoms with E-state index < -0.39 is 0 Å². The first-order valence-electron chi connectivity index (χ1n) is 8.09. The second-order valence-electron chi connectivity index (χ2n) is 5.69. The maximum absolute atomic E-state index is 13.3. The van der Waals surface area contributed by atoms with Gasteiger partial charge in [-0.1, -0.05) is 12.1 Å². The molecule has 0 N–H and O–H groups in total. The van der Waals surface area contributed by atoms with Crippen LogP contribution in [-0.2, 0) is 6.61 Å². The molecule has 0 aliphatic carbocycles. The molecular weight excluding hydrogens is 477 g/mol. The third-order valence-electron chi connectivity index (χ3n) is 3.73. The lowest BCUT2D eigenvalue weighted by Gasteiger charge is -2.11. The Bertz CT molecular complexity index is 936. The summed E-state index contributed by atoms with van der Waals surface area (Å²) in [4.78, 5) is 4.46. The minimum atomic E-state index is -0.278. The van der Waals surface area contributed by atoms with Crippen LogP contribution in [0.25, 0.3) is 0 Å².